The van der Waals surface area contributed by atoms with Gasteiger partial charge in [-0.25, -0.2) is 0 Å². The van der Waals surface area contributed by atoms with E-state index in [-0.39, 0.29) is 11.7 Å². The maximum Gasteiger partial charge on any atom is 0.164 e. The Bertz CT molecular complexity index is 473. The first-order valence-electron chi connectivity index (χ1n) is 6.24. The molecular formula is C14H19NO4. The van der Waals surface area contributed by atoms with E-state index >= 15 is 0 Å². The van der Waals surface area contributed by atoms with Crippen molar-refractivity contribution < 1.29 is 19.0 Å². The predicted octanol–water partition coefficient (Wildman–Crippen LogP) is 1.36. The largest absolute Gasteiger partial charge is 0.496 e. The number of nitrogens with one attached hydrogen (secondary N) is 1. The van der Waals surface area contributed by atoms with E-state index in [1.165, 1.54) is 0 Å². The number of Topliss-reactive ketones (excluding diaryl/α,β-unsaturated/α-hetero) is 1. The van der Waals surface area contributed by atoms with E-state index < -0.39 is 0 Å². The first-order valence-corrected chi connectivity index (χ1v) is 6.24. The molecule has 0 radical (unpaired) electrons. The highest BCUT2D eigenvalue weighted by Gasteiger charge is 2.27. The zero-order valence-electron chi connectivity index (χ0n) is 11.5. The smallest absolute Gasteiger partial charge is 0.164 e. The lowest BCUT2D eigenvalue weighted by Crippen LogP contribution is -2.35. The van der Waals surface area contributed by atoms with Gasteiger partial charge >= 0.3 is 0 Å². The fraction of sp³-hybridized carbons (Fsp3) is 0.500. The summed E-state index contributed by atoms with van der Waals surface area (Å²) in [5, 5.41) is 3.08. The first kappa shape index (κ1) is 13.7. The zero-order valence-corrected chi connectivity index (χ0v) is 11.5. The molecule has 104 valence electrons. The maximum absolute atomic E-state index is 12.0. The standard InChI is InChI=1S/C14H19NO4/c1-17-12-7-14(19-3)13(18-2)6-10(12)9-4-5-15-8-11(9)16/h6-7,9,15H,4-5,8H2,1-3H3. The fourth-order valence-corrected chi connectivity index (χ4v) is 2.40. The van der Waals surface area contributed by atoms with Gasteiger partial charge in [-0.05, 0) is 19.0 Å². The van der Waals surface area contributed by atoms with Crippen molar-refractivity contribution in [2.45, 2.75) is 12.3 Å². The Morgan fingerprint density at radius 1 is 1.05 bits per heavy atom. The lowest BCUT2D eigenvalue weighted by molar-refractivity contribution is -0.120. The lowest BCUT2D eigenvalue weighted by Gasteiger charge is -2.24. The van der Waals surface area contributed by atoms with Crippen LogP contribution < -0.4 is 19.5 Å². The summed E-state index contributed by atoms with van der Waals surface area (Å²) in [4.78, 5) is 12.0. The van der Waals surface area contributed by atoms with Gasteiger partial charge in [0.25, 0.3) is 0 Å². The van der Waals surface area contributed by atoms with Crippen LogP contribution in [0.3, 0.4) is 0 Å². The molecule has 1 aromatic carbocycles. The van der Waals surface area contributed by atoms with Crippen LogP contribution in [0.15, 0.2) is 12.1 Å². The number of hydrogen-bond acceptors (Lipinski definition) is 5. The quantitative estimate of drug-likeness (QED) is 0.890. The molecular weight excluding hydrogens is 246 g/mol. The lowest BCUT2D eigenvalue weighted by atomic mass is 9.88. The number of rotatable bonds is 4. The second-order valence-corrected chi connectivity index (χ2v) is 4.43. The van der Waals surface area contributed by atoms with Crippen LogP contribution in [0.25, 0.3) is 0 Å². The topological polar surface area (TPSA) is 56.8 Å². The van der Waals surface area contributed by atoms with Gasteiger partial charge in [-0.2, -0.15) is 0 Å². The Balaban J connectivity index is 2.45. The van der Waals surface area contributed by atoms with Crippen molar-refractivity contribution in [3.05, 3.63) is 17.7 Å². The van der Waals surface area contributed by atoms with E-state index in [1.54, 1.807) is 27.4 Å². The molecule has 1 unspecified atom stereocenters. The SMILES string of the molecule is COc1cc(OC)c(C2CCNCC2=O)cc1OC. The highest BCUT2D eigenvalue weighted by atomic mass is 16.5. The monoisotopic (exact) mass is 265 g/mol. The van der Waals surface area contributed by atoms with Crippen molar-refractivity contribution in [1.82, 2.24) is 5.32 Å². The van der Waals surface area contributed by atoms with Crippen LogP contribution >= 0.6 is 0 Å². The van der Waals surface area contributed by atoms with Crippen molar-refractivity contribution in [2.75, 3.05) is 34.4 Å². The van der Waals surface area contributed by atoms with Gasteiger partial charge in [0, 0.05) is 17.5 Å². The summed E-state index contributed by atoms with van der Waals surface area (Å²) in [5.74, 6) is 1.92. The summed E-state index contributed by atoms with van der Waals surface area (Å²) in [6.07, 6.45) is 0.769. The van der Waals surface area contributed by atoms with Crippen LogP contribution in [-0.4, -0.2) is 40.2 Å². The van der Waals surface area contributed by atoms with E-state index in [0.29, 0.717) is 23.8 Å². The molecule has 1 aliphatic rings. The number of piperidine rings is 1. The molecule has 2 rings (SSSR count). The van der Waals surface area contributed by atoms with E-state index in [9.17, 15) is 4.79 Å². The van der Waals surface area contributed by atoms with Gasteiger partial charge in [-0.15, -0.1) is 0 Å². The number of carbonyl (C=O) groups is 1. The van der Waals surface area contributed by atoms with Crippen molar-refractivity contribution >= 4 is 5.78 Å². The summed E-state index contributed by atoms with van der Waals surface area (Å²) >= 11 is 0. The van der Waals surface area contributed by atoms with E-state index in [0.717, 1.165) is 18.5 Å². The molecule has 1 fully saturated rings. The van der Waals surface area contributed by atoms with Crippen molar-refractivity contribution in [3.8, 4) is 17.2 Å². The average Bonchev–Trinajstić information content (AvgIpc) is 2.46. The number of benzene rings is 1. The van der Waals surface area contributed by atoms with Crippen molar-refractivity contribution in [1.29, 1.82) is 0 Å². The molecule has 1 aliphatic heterocycles. The summed E-state index contributed by atoms with van der Waals surface area (Å²) in [7, 11) is 4.75. The molecule has 0 saturated carbocycles. The molecule has 0 aliphatic carbocycles. The third-order valence-corrected chi connectivity index (χ3v) is 3.41. The minimum atomic E-state index is -0.143. The summed E-state index contributed by atoms with van der Waals surface area (Å²) < 4.78 is 15.9. The van der Waals surface area contributed by atoms with Crippen LogP contribution in [-0.2, 0) is 4.79 Å². The number of ketones is 1. The molecule has 0 spiro atoms. The number of ether oxygens (including phenoxy) is 3. The molecule has 1 atom stereocenters. The number of hydrogen-bond donors (Lipinski definition) is 1. The van der Waals surface area contributed by atoms with Crippen LogP contribution in [0, 0.1) is 0 Å². The molecule has 1 heterocycles. The summed E-state index contributed by atoms with van der Waals surface area (Å²) in [6, 6.07) is 3.61. The second kappa shape index (κ2) is 5.93. The summed E-state index contributed by atoms with van der Waals surface area (Å²) in [5.41, 5.74) is 0.867. The van der Waals surface area contributed by atoms with Crippen LogP contribution in [0.4, 0.5) is 0 Å². The van der Waals surface area contributed by atoms with Crippen LogP contribution in [0.2, 0.25) is 0 Å². The highest BCUT2D eigenvalue weighted by Crippen LogP contribution is 2.39. The molecule has 1 N–H and O–H groups in total. The Kier molecular flexibility index (Phi) is 4.27. The van der Waals surface area contributed by atoms with E-state index in [4.69, 9.17) is 14.2 Å². The van der Waals surface area contributed by atoms with Crippen molar-refractivity contribution in [3.63, 3.8) is 0 Å². The summed E-state index contributed by atoms with van der Waals surface area (Å²) in [6.45, 7) is 1.23. The molecule has 0 amide bonds. The third kappa shape index (κ3) is 2.66. The third-order valence-electron chi connectivity index (χ3n) is 3.41. The molecule has 19 heavy (non-hydrogen) atoms. The normalized spacial score (nSPS) is 19.1. The minimum absolute atomic E-state index is 0.143. The van der Waals surface area contributed by atoms with Crippen molar-refractivity contribution in [2.24, 2.45) is 0 Å². The van der Waals surface area contributed by atoms with E-state index in [1.807, 2.05) is 6.07 Å². The van der Waals surface area contributed by atoms with Crippen LogP contribution in [0.1, 0.15) is 17.9 Å². The number of carbonyl (C=O) groups excluding carboxylic acids is 1. The van der Waals surface area contributed by atoms with Gasteiger partial charge in [0.15, 0.2) is 17.3 Å². The molecule has 0 aromatic heterocycles. The van der Waals surface area contributed by atoms with Gasteiger partial charge in [0.05, 0.1) is 27.9 Å². The highest BCUT2D eigenvalue weighted by molar-refractivity contribution is 5.89. The Morgan fingerprint density at radius 2 is 1.68 bits per heavy atom. The van der Waals surface area contributed by atoms with Gasteiger partial charge < -0.3 is 19.5 Å². The van der Waals surface area contributed by atoms with Crippen LogP contribution in [0.5, 0.6) is 17.2 Å². The number of methoxy groups -OCH3 is 3. The van der Waals surface area contributed by atoms with Gasteiger partial charge in [-0.3, -0.25) is 4.79 Å². The second-order valence-electron chi connectivity index (χ2n) is 4.43. The molecule has 1 saturated heterocycles. The van der Waals surface area contributed by atoms with Gasteiger partial charge in [-0.1, -0.05) is 0 Å². The molecule has 1 aromatic rings. The first-order chi connectivity index (χ1) is 9.21. The average molecular weight is 265 g/mol. The molecule has 0 bridgehead atoms. The Hall–Kier alpha value is -1.75. The molecule has 5 nitrogen and oxygen atoms in total. The Labute approximate surface area is 112 Å². The fourth-order valence-electron chi connectivity index (χ4n) is 2.40. The minimum Gasteiger partial charge on any atom is -0.496 e. The van der Waals surface area contributed by atoms with Gasteiger partial charge in [0.1, 0.15) is 5.75 Å². The Morgan fingerprint density at radius 3 is 2.26 bits per heavy atom. The zero-order chi connectivity index (χ0) is 13.8. The van der Waals surface area contributed by atoms with E-state index in [2.05, 4.69) is 5.32 Å². The predicted molar refractivity (Wildman–Crippen MR) is 71.3 cm³/mol. The maximum atomic E-state index is 12.0. The van der Waals surface area contributed by atoms with Gasteiger partial charge in [0.2, 0.25) is 0 Å². The molecule has 5 heteroatoms.